The highest BCUT2D eigenvalue weighted by Gasteiger charge is 2.35. The molecule has 25 heavy (non-hydrogen) atoms. The molecule has 132 valence electrons. The van der Waals surface area contributed by atoms with Crippen LogP contribution in [0.15, 0.2) is 30.5 Å². The number of aromatic nitrogens is 2. The topological polar surface area (TPSA) is 46.1 Å². The quantitative estimate of drug-likeness (QED) is 0.787. The van der Waals surface area contributed by atoms with E-state index in [1.165, 1.54) is 0 Å². The van der Waals surface area contributed by atoms with E-state index in [1.54, 1.807) is 29.2 Å². The van der Waals surface area contributed by atoms with Crippen LogP contribution in [0.5, 0.6) is 0 Å². The Morgan fingerprint density at radius 3 is 2.44 bits per heavy atom. The van der Waals surface area contributed by atoms with Crippen LogP contribution in [-0.2, 0) is 24.2 Å². The number of hydrogen-bond acceptors (Lipinski definition) is 3. The number of carbonyl (C=O) groups excluding carboxylic acids is 1. The van der Waals surface area contributed by atoms with Gasteiger partial charge in [-0.1, -0.05) is 24.3 Å². The molecule has 2 heterocycles. The van der Waals surface area contributed by atoms with Gasteiger partial charge < -0.3 is 4.90 Å². The van der Waals surface area contributed by atoms with Crippen LogP contribution in [0.2, 0.25) is 0 Å². The fourth-order valence-corrected chi connectivity index (χ4v) is 2.75. The molecule has 0 bridgehead atoms. The maximum absolute atomic E-state index is 13.1. The van der Waals surface area contributed by atoms with E-state index in [0.717, 1.165) is 18.2 Å². The number of amides is 1. The summed E-state index contributed by atoms with van der Waals surface area (Å²) in [7, 11) is 0. The van der Waals surface area contributed by atoms with E-state index in [2.05, 4.69) is 9.97 Å². The van der Waals surface area contributed by atoms with Crippen molar-refractivity contribution in [3.8, 4) is 11.3 Å². The van der Waals surface area contributed by atoms with Crippen molar-refractivity contribution in [2.45, 2.75) is 32.2 Å². The lowest BCUT2D eigenvalue weighted by atomic mass is 10.1. The minimum absolute atomic E-state index is 0.00419. The second kappa shape index (κ2) is 6.78. The first-order valence-corrected chi connectivity index (χ1v) is 7.74. The largest absolute Gasteiger partial charge is 0.451 e. The SMILES string of the molecule is O=C1CCCN1Cc1ccc(-c2nc(C(F)(F)F)ncc2CF)cc1. The summed E-state index contributed by atoms with van der Waals surface area (Å²) in [6, 6.07) is 6.58. The lowest BCUT2D eigenvalue weighted by Crippen LogP contribution is -2.23. The maximum atomic E-state index is 13.1. The Balaban J connectivity index is 1.87. The number of benzene rings is 1. The Morgan fingerprint density at radius 2 is 1.88 bits per heavy atom. The summed E-state index contributed by atoms with van der Waals surface area (Å²) in [5, 5.41) is 0. The zero-order valence-corrected chi connectivity index (χ0v) is 13.2. The summed E-state index contributed by atoms with van der Waals surface area (Å²) in [5.41, 5.74) is 1.15. The third-order valence-electron chi connectivity index (χ3n) is 4.03. The first-order chi connectivity index (χ1) is 11.9. The normalized spacial score (nSPS) is 15.0. The first kappa shape index (κ1) is 17.3. The molecular weight excluding hydrogens is 338 g/mol. The number of carbonyl (C=O) groups is 1. The minimum Gasteiger partial charge on any atom is -0.338 e. The van der Waals surface area contributed by atoms with Crippen LogP contribution >= 0.6 is 0 Å². The smallest absolute Gasteiger partial charge is 0.338 e. The van der Waals surface area contributed by atoms with Crippen molar-refractivity contribution in [1.29, 1.82) is 0 Å². The predicted molar refractivity (Wildman–Crippen MR) is 81.9 cm³/mol. The predicted octanol–water partition coefficient (Wildman–Crippen LogP) is 3.75. The van der Waals surface area contributed by atoms with Crippen LogP contribution in [0, 0.1) is 0 Å². The summed E-state index contributed by atoms with van der Waals surface area (Å²) in [6.07, 6.45) is -2.46. The lowest BCUT2D eigenvalue weighted by molar-refractivity contribution is -0.144. The minimum atomic E-state index is -4.69. The molecule has 1 saturated heterocycles. The monoisotopic (exact) mass is 353 g/mol. The van der Waals surface area contributed by atoms with E-state index in [1.807, 2.05) is 0 Å². The fraction of sp³-hybridized carbons (Fsp3) is 0.353. The van der Waals surface area contributed by atoms with Crippen molar-refractivity contribution in [3.05, 3.63) is 47.4 Å². The van der Waals surface area contributed by atoms with Gasteiger partial charge in [-0.05, 0) is 12.0 Å². The molecule has 1 amide bonds. The van der Waals surface area contributed by atoms with Crippen LogP contribution in [-0.4, -0.2) is 27.3 Å². The second-order valence-electron chi connectivity index (χ2n) is 5.81. The van der Waals surface area contributed by atoms with Crippen LogP contribution < -0.4 is 0 Å². The lowest BCUT2D eigenvalue weighted by Gasteiger charge is -2.16. The van der Waals surface area contributed by atoms with Crippen LogP contribution in [0.25, 0.3) is 11.3 Å². The van der Waals surface area contributed by atoms with Gasteiger partial charge in [-0.15, -0.1) is 0 Å². The molecule has 0 aliphatic carbocycles. The summed E-state index contributed by atoms with van der Waals surface area (Å²) in [6.45, 7) is 0.192. The van der Waals surface area contributed by atoms with E-state index in [0.29, 0.717) is 25.1 Å². The average Bonchev–Trinajstić information content (AvgIpc) is 2.99. The van der Waals surface area contributed by atoms with Gasteiger partial charge in [0.15, 0.2) is 0 Å². The Kier molecular flexibility index (Phi) is 4.69. The molecule has 0 atom stereocenters. The standard InChI is InChI=1S/C17H15F4N3O/c18-8-13-9-22-16(17(19,20)21)23-15(13)12-5-3-11(4-6-12)10-24-7-1-2-14(24)25/h3-6,9H,1-2,7-8,10H2. The van der Waals surface area contributed by atoms with Gasteiger partial charge in [0, 0.05) is 36.8 Å². The van der Waals surface area contributed by atoms with Gasteiger partial charge in [-0.25, -0.2) is 14.4 Å². The summed E-state index contributed by atoms with van der Waals surface area (Å²) in [5.74, 6) is -1.21. The fourth-order valence-electron chi connectivity index (χ4n) is 2.75. The van der Waals surface area contributed by atoms with Gasteiger partial charge in [0.25, 0.3) is 0 Å². The van der Waals surface area contributed by atoms with Crippen molar-refractivity contribution in [2.75, 3.05) is 6.54 Å². The first-order valence-electron chi connectivity index (χ1n) is 7.74. The number of nitrogens with zero attached hydrogens (tertiary/aromatic N) is 3. The summed E-state index contributed by atoms with van der Waals surface area (Å²) >= 11 is 0. The molecule has 2 aromatic rings. The number of rotatable bonds is 4. The van der Waals surface area contributed by atoms with Gasteiger partial charge in [-0.3, -0.25) is 4.79 Å². The average molecular weight is 353 g/mol. The highest BCUT2D eigenvalue weighted by Crippen LogP contribution is 2.30. The Bertz CT molecular complexity index is 774. The number of halogens is 4. The number of alkyl halides is 4. The van der Waals surface area contributed by atoms with Gasteiger partial charge in [-0.2, -0.15) is 13.2 Å². The third-order valence-corrected chi connectivity index (χ3v) is 4.03. The number of hydrogen-bond donors (Lipinski definition) is 0. The second-order valence-corrected chi connectivity index (χ2v) is 5.81. The van der Waals surface area contributed by atoms with Crippen molar-refractivity contribution in [3.63, 3.8) is 0 Å². The molecule has 1 aliphatic rings. The van der Waals surface area contributed by atoms with E-state index in [9.17, 15) is 22.4 Å². The maximum Gasteiger partial charge on any atom is 0.451 e. The van der Waals surface area contributed by atoms with E-state index >= 15 is 0 Å². The molecule has 0 saturated carbocycles. The molecule has 0 radical (unpaired) electrons. The third kappa shape index (κ3) is 3.78. The van der Waals surface area contributed by atoms with Crippen molar-refractivity contribution in [2.24, 2.45) is 0 Å². The highest BCUT2D eigenvalue weighted by atomic mass is 19.4. The molecule has 0 unspecified atom stereocenters. The molecule has 3 rings (SSSR count). The van der Waals surface area contributed by atoms with Crippen molar-refractivity contribution >= 4 is 5.91 Å². The van der Waals surface area contributed by atoms with Gasteiger partial charge in [0.2, 0.25) is 11.7 Å². The molecule has 0 spiro atoms. The van der Waals surface area contributed by atoms with Crippen LogP contribution in [0.1, 0.15) is 29.8 Å². The van der Waals surface area contributed by atoms with Crippen LogP contribution in [0.4, 0.5) is 17.6 Å². The van der Waals surface area contributed by atoms with Crippen molar-refractivity contribution in [1.82, 2.24) is 14.9 Å². The van der Waals surface area contributed by atoms with Crippen molar-refractivity contribution < 1.29 is 22.4 Å². The zero-order chi connectivity index (χ0) is 18.0. The van der Waals surface area contributed by atoms with Crippen LogP contribution in [0.3, 0.4) is 0 Å². The summed E-state index contributed by atoms with van der Waals surface area (Å²) in [4.78, 5) is 20.0. The molecule has 0 N–H and O–H groups in total. The van der Waals surface area contributed by atoms with Gasteiger partial charge in [0.1, 0.15) is 6.67 Å². The molecule has 1 aromatic heterocycles. The summed E-state index contributed by atoms with van der Waals surface area (Å²) < 4.78 is 51.5. The van der Waals surface area contributed by atoms with E-state index < -0.39 is 18.7 Å². The molecule has 1 aliphatic heterocycles. The Labute approximate surface area is 141 Å². The molecular formula is C17H15F4N3O. The molecule has 4 nitrogen and oxygen atoms in total. The molecule has 1 fully saturated rings. The van der Waals surface area contributed by atoms with E-state index in [4.69, 9.17) is 0 Å². The zero-order valence-electron chi connectivity index (χ0n) is 13.2. The number of likely N-dealkylation sites (tertiary alicyclic amines) is 1. The Morgan fingerprint density at radius 1 is 1.16 bits per heavy atom. The van der Waals surface area contributed by atoms with Gasteiger partial charge >= 0.3 is 6.18 Å². The Hall–Kier alpha value is -2.51. The van der Waals surface area contributed by atoms with Gasteiger partial charge in [0.05, 0.1) is 5.69 Å². The highest BCUT2D eigenvalue weighted by molar-refractivity contribution is 5.78. The molecule has 8 heteroatoms. The molecule has 1 aromatic carbocycles. The van der Waals surface area contributed by atoms with E-state index in [-0.39, 0.29) is 17.2 Å².